The summed E-state index contributed by atoms with van der Waals surface area (Å²) >= 11 is 0. The van der Waals surface area contributed by atoms with E-state index in [1.54, 1.807) is 18.7 Å². The van der Waals surface area contributed by atoms with Crippen molar-refractivity contribution in [3.8, 4) is 28.5 Å². The predicted molar refractivity (Wildman–Crippen MR) is 114 cm³/mol. The van der Waals surface area contributed by atoms with Gasteiger partial charge in [-0.15, -0.1) is 0 Å². The predicted octanol–water partition coefficient (Wildman–Crippen LogP) is 4.06. The van der Waals surface area contributed by atoms with Crippen LogP contribution in [0.5, 0.6) is 0 Å². The fraction of sp³-hybridized carbons (Fsp3) is 0.0455. The van der Waals surface area contributed by atoms with Gasteiger partial charge in [0.05, 0.1) is 16.7 Å². The van der Waals surface area contributed by atoms with Gasteiger partial charge in [-0.05, 0) is 36.8 Å². The largest absolute Gasteiger partial charge is 0.336 e. The number of aromatic amines is 2. The van der Waals surface area contributed by atoms with Crippen molar-refractivity contribution >= 4 is 21.9 Å². The molecule has 0 unspecified atom stereocenters. The molecule has 0 saturated heterocycles. The monoisotopic (exact) mass is 392 g/mol. The molecule has 0 amide bonds. The van der Waals surface area contributed by atoms with Crippen molar-refractivity contribution in [1.29, 1.82) is 0 Å². The number of fused-ring (bicyclic) bond motifs is 2. The summed E-state index contributed by atoms with van der Waals surface area (Å²) in [5, 5.41) is 8.62. The molecule has 144 valence electrons. The lowest BCUT2D eigenvalue weighted by molar-refractivity contribution is 1.00. The van der Waals surface area contributed by atoms with Crippen LogP contribution >= 0.6 is 0 Å². The summed E-state index contributed by atoms with van der Waals surface area (Å²) in [6.07, 6.45) is 9.06. The van der Waals surface area contributed by atoms with E-state index in [9.17, 15) is 0 Å². The third-order valence-corrected chi connectivity index (χ3v) is 5.12. The fourth-order valence-corrected chi connectivity index (χ4v) is 3.67. The Bertz CT molecular complexity index is 1510. The highest BCUT2D eigenvalue weighted by atomic mass is 15.2. The molecule has 2 N–H and O–H groups in total. The van der Waals surface area contributed by atoms with Gasteiger partial charge in [0.15, 0.2) is 11.6 Å². The first-order valence-electron chi connectivity index (χ1n) is 9.51. The van der Waals surface area contributed by atoms with E-state index in [1.165, 1.54) is 0 Å². The Morgan fingerprint density at radius 1 is 0.967 bits per heavy atom. The number of nitrogens with zero attached hydrogens (tertiary/aromatic N) is 6. The van der Waals surface area contributed by atoms with Gasteiger partial charge in [0, 0.05) is 35.7 Å². The summed E-state index contributed by atoms with van der Waals surface area (Å²) < 4.78 is 1.88. The summed E-state index contributed by atoms with van der Waals surface area (Å²) in [4.78, 5) is 21.2. The topological polar surface area (TPSA) is 101 Å². The van der Waals surface area contributed by atoms with E-state index in [0.29, 0.717) is 5.82 Å². The number of aromatic nitrogens is 8. The van der Waals surface area contributed by atoms with Crippen molar-refractivity contribution in [2.45, 2.75) is 6.92 Å². The summed E-state index contributed by atoms with van der Waals surface area (Å²) in [6, 6.07) is 12.1. The fourth-order valence-electron chi connectivity index (χ4n) is 3.67. The zero-order valence-corrected chi connectivity index (χ0v) is 16.0. The maximum Gasteiger partial charge on any atom is 0.166 e. The SMILES string of the molecule is Cc1cn(-c2nccc3[nH]c(-c4n[nH]c5ccc(-c6cccnc6)cc45)nc23)cn1. The summed E-state index contributed by atoms with van der Waals surface area (Å²) in [6.45, 7) is 1.95. The van der Waals surface area contributed by atoms with Gasteiger partial charge in [-0.1, -0.05) is 12.1 Å². The molecule has 8 heteroatoms. The number of hydrogen-bond acceptors (Lipinski definition) is 5. The third kappa shape index (κ3) is 2.58. The quantitative estimate of drug-likeness (QED) is 0.473. The number of H-pyrrole nitrogens is 2. The molecular formula is C22H16N8. The molecule has 8 nitrogen and oxygen atoms in total. The maximum atomic E-state index is 4.83. The summed E-state index contributed by atoms with van der Waals surface area (Å²) in [7, 11) is 0. The Kier molecular flexibility index (Phi) is 3.51. The number of nitrogens with one attached hydrogen (secondary N) is 2. The zero-order valence-electron chi connectivity index (χ0n) is 16.0. The summed E-state index contributed by atoms with van der Waals surface area (Å²) in [5.41, 5.74) is 6.42. The molecule has 1 aromatic carbocycles. The van der Waals surface area contributed by atoms with Crippen LogP contribution in [0, 0.1) is 6.92 Å². The van der Waals surface area contributed by atoms with E-state index < -0.39 is 0 Å². The highest BCUT2D eigenvalue weighted by Gasteiger charge is 2.16. The minimum absolute atomic E-state index is 0.686. The molecule has 0 aliphatic heterocycles. The molecule has 6 aromatic rings. The van der Waals surface area contributed by atoms with Crippen molar-refractivity contribution in [3.05, 3.63) is 73.2 Å². The van der Waals surface area contributed by atoms with E-state index in [1.807, 2.05) is 48.1 Å². The molecule has 0 fully saturated rings. The van der Waals surface area contributed by atoms with Crippen LogP contribution in [0.15, 0.2) is 67.5 Å². The molecular weight excluding hydrogens is 376 g/mol. The van der Waals surface area contributed by atoms with Crippen LogP contribution < -0.4 is 0 Å². The number of hydrogen-bond donors (Lipinski definition) is 2. The van der Waals surface area contributed by atoms with E-state index in [4.69, 9.17) is 4.98 Å². The lowest BCUT2D eigenvalue weighted by Gasteiger charge is -2.01. The standard InChI is InChI=1S/C22H16N8/c1-13-11-30(12-25-13)22-20-18(6-8-24-22)26-21(27-20)19-16-9-14(4-5-17(16)28-29-19)15-3-2-7-23-10-15/h2-12H,1H3,(H,26,27)(H,28,29). The highest BCUT2D eigenvalue weighted by Crippen LogP contribution is 2.30. The van der Waals surface area contributed by atoms with Crippen molar-refractivity contribution in [1.82, 2.24) is 39.7 Å². The van der Waals surface area contributed by atoms with Gasteiger partial charge in [0.1, 0.15) is 17.5 Å². The summed E-state index contributed by atoms with van der Waals surface area (Å²) in [5.74, 6) is 1.41. The normalized spacial score (nSPS) is 11.5. The number of imidazole rings is 2. The minimum atomic E-state index is 0.686. The molecule has 0 spiro atoms. The average molecular weight is 392 g/mol. The molecule has 0 aliphatic rings. The molecule has 0 aliphatic carbocycles. The van der Waals surface area contributed by atoms with Crippen LogP contribution in [0.1, 0.15) is 5.69 Å². The van der Waals surface area contributed by atoms with E-state index in [0.717, 1.165) is 50.3 Å². The molecule has 0 saturated carbocycles. The van der Waals surface area contributed by atoms with Gasteiger partial charge in [0.25, 0.3) is 0 Å². The van der Waals surface area contributed by atoms with Gasteiger partial charge in [-0.3, -0.25) is 14.6 Å². The van der Waals surface area contributed by atoms with Gasteiger partial charge in [-0.2, -0.15) is 5.10 Å². The first kappa shape index (κ1) is 16.6. The second kappa shape index (κ2) is 6.35. The van der Waals surface area contributed by atoms with Gasteiger partial charge < -0.3 is 4.98 Å². The number of benzene rings is 1. The van der Waals surface area contributed by atoms with Crippen LogP contribution in [-0.2, 0) is 0 Å². The van der Waals surface area contributed by atoms with Gasteiger partial charge in [-0.25, -0.2) is 15.0 Å². The molecule has 0 radical (unpaired) electrons. The number of rotatable bonds is 3. The average Bonchev–Trinajstić information content (AvgIpc) is 3.51. The van der Waals surface area contributed by atoms with Crippen LogP contribution in [0.3, 0.4) is 0 Å². The Balaban J connectivity index is 1.52. The molecule has 6 rings (SSSR count). The van der Waals surface area contributed by atoms with E-state index >= 15 is 0 Å². The van der Waals surface area contributed by atoms with Crippen LogP contribution in [0.25, 0.3) is 50.4 Å². The molecule has 0 atom stereocenters. The molecule has 5 aromatic heterocycles. The third-order valence-electron chi connectivity index (χ3n) is 5.12. The number of aryl methyl sites for hydroxylation is 1. The molecule has 0 bridgehead atoms. The Labute approximate surface area is 170 Å². The second-order valence-electron chi connectivity index (χ2n) is 7.11. The van der Waals surface area contributed by atoms with Crippen LogP contribution in [0.2, 0.25) is 0 Å². The minimum Gasteiger partial charge on any atom is -0.336 e. The highest BCUT2D eigenvalue weighted by molar-refractivity contribution is 5.96. The Morgan fingerprint density at radius 2 is 1.93 bits per heavy atom. The van der Waals surface area contributed by atoms with E-state index in [2.05, 4.69) is 42.3 Å². The van der Waals surface area contributed by atoms with Crippen molar-refractivity contribution in [2.24, 2.45) is 0 Å². The van der Waals surface area contributed by atoms with Gasteiger partial charge in [0.2, 0.25) is 0 Å². The zero-order chi connectivity index (χ0) is 20.1. The van der Waals surface area contributed by atoms with Crippen LogP contribution in [0.4, 0.5) is 0 Å². The number of pyridine rings is 2. The van der Waals surface area contributed by atoms with Gasteiger partial charge >= 0.3 is 0 Å². The Hall–Kier alpha value is -4.33. The Morgan fingerprint density at radius 3 is 2.77 bits per heavy atom. The first-order chi connectivity index (χ1) is 14.8. The van der Waals surface area contributed by atoms with E-state index in [-0.39, 0.29) is 0 Å². The molecule has 30 heavy (non-hydrogen) atoms. The van der Waals surface area contributed by atoms with Crippen molar-refractivity contribution < 1.29 is 0 Å². The van der Waals surface area contributed by atoms with Crippen molar-refractivity contribution in [3.63, 3.8) is 0 Å². The molecule has 5 heterocycles. The van der Waals surface area contributed by atoms with Crippen LogP contribution in [-0.4, -0.2) is 39.7 Å². The lowest BCUT2D eigenvalue weighted by Crippen LogP contribution is -1.95. The first-order valence-corrected chi connectivity index (χ1v) is 9.51. The van der Waals surface area contributed by atoms with Crippen molar-refractivity contribution in [2.75, 3.05) is 0 Å². The maximum absolute atomic E-state index is 4.83. The second-order valence-corrected chi connectivity index (χ2v) is 7.11. The lowest BCUT2D eigenvalue weighted by atomic mass is 10.0. The smallest absolute Gasteiger partial charge is 0.166 e.